The van der Waals surface area contributed by atoms with Crippen LogP contribution in [0.5, 0.6) is 5.75 Å². The van der Waals surface area contributed by atoms with Gasteiger partial charge in [-0.05, 0) is 29.0 Å². The van der Waals surface area contributed by atoms with Crippen LogP contribution >= 0.6 is 11.3 Å². The number of aromatic nitrogens is 3. The maximum Gasteiger partial charge on any atom is 0.295 e. The number of likely N-dealkylation sites (tertiary alicyclic amines) is 1. The molecule has 1 aromatic carbocycles. The number of H-pyrrole nitrogens is 1. The van der Waals surface area contributed by atoms with Crippen molar-refractivity contribution in [2.24, 2.45) is 0 Å². The van der Waals surface area contributed by atoms with E-state index < -0.39 is 11.7 Å². The SMILES string of the molecule is COc1cnc(-c2nc[c-]s2)c2[nH]cc(C(=O)C(=O)N3CCC(=C(C#N)c4ccccc4)CC3)c12.C[CH-]C.[Y]. The van der Waals surface area contributed by atoms with Gasteiger partial charge in [0, 0.05) is 57.7 Å². The molecule has 1 saturated heterocycles. The predicted molar refractivity (Wildman–Crippen MR) is 147 cm³/mol. The fraction of sp³-hybridized carbons (Fsp3) is 0.241. The normalized spacial score (nSPS) is 12.6. The summed E-state index contributed by atoms with van der Waals surface area (Å²) in [7, 11) is 1.49. The monoisotopic (exact) mass is 614 g/mol. The number of piperidine rings is 1. The van der Waals surface area contributed by atoms with E-state index in [9.17, 15) is 14.9 Å². The van der Waals surface area contributed by atoms with Gasteiger partial charge in [0.2, 0.25) is 0 Å². The maximum absolute atomic E-state index is 13.3. The van der Waals surface area contributed by atoms with Crippen molar-refractivity contribution in [1.82, 2.24) is 19.9 Å². The Bertz CT molecular complexity index is 1500. The minimum absolute atomic E-state index is 0. The van der Waals surface area contributed by atoms with E-state index in [2.05, 4.69) is 26.4 Å². The number of nitrogens with one attached hydrogen (secondary N) is 1. The van der Waals surface area contributed by atoms with Crippen LogP contribution < -0.4 is 4.74 Å². The molecule has 4 heterocycles. The Labute approximate surface area is 257 Å². The Kier molecular flexibility index (Phi) is 11.1. The molecule has 4 aromatic rings. The molecule has 0 unspecified atom stereocenters. The quantitative estimate of drug-likeness (QED) is 0.137. The van der Waals surface area contributed by atoms with Gasteiger partial charge in [0.1, 0.15) is 5.75 Å². The summed E-state index contributed by atoms with van der Waals surface area (Å²) in [6, 6.07) is 11.8. The first kappa shape index (κ1) is 30.4. The Balaban J connectivity index is 0.00000101. The molecule has 0 spiro atoms. The molecular weight excluding hydrogens is 587 g/mol. The molecule has 1 radical (unpaired) electrons. The molecule has 0 saturated carbocycles. The first-order valence-corrected chi connectivity index (χ1v) is 13.0. The Morgan fingerprint density at radius 3 is 2.46 bits per heavy atom. The largest absolute Gasteiger partial charge is 0.494 e. The Morgan fingerprint density at radius 2 is 1.87 bits per heavy atom. The first-order chi connectivity index (χ1) is 18.5. The van der Waals surface area contributed by atoms with Crippen LogP contribution in [0.1, 0.15) is 42.6 Å². The summed E-state index contributed by atoms with van der Waals surface area (Å²) in [6.07, 6.45) is 7.70. The summed E-state index contributed by atoms with van der Waals surface area (Å²) in [6.45, 7) is 4.75. The zero-order valence-corrected chi connectivity index (χ0v) is 25.7. The second-order valence-corrected chi connectivity index (χ2v) is 9.39. The number of fused-ring (bicyclic) bond motifs is 1. The zero-order valence-electron chi connectivity index (χ0n) is 22.0. The molecule has 39 heavy (non-hydrogen) atoms. The summed E-state index contributed by atoms with van der Waals surface area (Å²) in [4.78, 5) is 39.8. The van der Waals surface area contributed by atoms with E-state index in [0.29, 0.717) is 58.9 Å². The number of carbonyl (C=O) groups is 2. The number of hydrogen-bond acceptors (Lipinski definition) is 7. The Morgan fingerprint density at radius 1 is 1.18 bits per heavy atom. The van der Waals surface area contributed by atoms with Crippen molar-refractivity contribution in [2.45, 2.75) is 26.7 Å². The summed E-state index contributed by atoms with van der Waals surface area (Å²) >= 11 is 1.31. The number of ketones is 1. The van der Waals surface area contributed by atoms with E-state index in [1.54, 1.807) is 11.1 Å². The molecule has 1 amide bonds. The number of nitriles is 1. The van der Waals surface area contributed by atoms with E-state index in [1.165, 1.54) is 30.8 Å². The number of ether oxygens (including phenoxy) is 1. The third-order valence-corrected chi connectivity index (χ3v) is 6.82. The smallest absolute Gasteiger partial charge is 0.295 e. The predicted octanol–water partition coefficient (Wildman–Crippen LogP) is 5.51. The molecule has 0 bridgehead atoms. The van der Waals surface area contributed by atoms with Crippen molar-refractivity contribution < 1.29 is 47.0 Å². The summed E-state index contributed by atoms with van der Waals surface area (Å²) in [5.74, 6) is -0.799. The first-order valence-electron chi connectivity index (χ1n) is 12.1. The number of allylic oxidation sites excluding steroid dienone is 1. The molecule has 5 rings (SSSR count). The number of benzene rings is 1. The van der Waals surface area contributed by atoms with E-state index in [4.69, 9.17) is 4.74 Å². The number of nitrogens with zero attached hydrogens (tertiary/aromatic N) is 4. The third kappa shape index (κ3) is 6.52. The number of amides is 1. The minimum atomic E-state index is -0.617. The minimum Gasteiger partial charge on any atom is -0.494 e. The Hall–Kier alpha value is -3.19. The van der Waals surface area contributed by atoms with Crippen LogP contribution in [0.25, 0.3) is 27.2 Å². The second kappa shape index (κ2) is 14.3. The van der Waals surface area contributed by atoms with Crippen molar-refractivity contribution in [3.63, 3.8) is 0 Å². The van der Waals surface area contributed by atoms with Gasteiger partial charge < -0.3 is 37.4 Å². The van der Waals surface area contributed by atoms with Gasteiger partial charge >= 0.3 is 0 Å². The van der Waals surface area contributed by atoms with Crippen molar-refractivity contribution in [3.05, 3.63) is 77.4 Å². The van der Waals surface area contributed by atoms with Gasteiger partial charge in [-0.25, -0.2) is 0 Å². The number of rotatable bonds is 5. The van der Waals surface area contributed by atoms with Gasteiger partial charge in [-0.2, -0.15) is 24.5 Å². The summed E-state index contributed by atoms with van der Waals surface area (Å²) < 4.78 is 5.45. The van der Waals surface area contributed by atoms with Crippen LogP contribution in [0.4, 0.5) is 0 Å². The standard InChI is InChI=1S/C26H20N5O3S.C3H7.Y/c1-34-20-15-30-23(25-28-9-12-35-25)22-21(20)19(14-29-22)24(32)26(33)31-10-7-17(8-11-31)18(13-27)16-5-3-2-4-6-16;1-3-2;/h2-6,9,14-15,29H,7-8,10-11H2,1H3;3H,1-2H3;/q2*-1;. The molecule has 1 aliphatic heterocycles. The van der Waals surface area contributed by atoms with Crippen LogP contribution in [0.3, 0.4) is 0 Å². The zero-order chi connectivity index (χ0) is 27.1. The van der Waals surface area contributed by atoms with Crippen LogP contribution in [0.2, 0.25) is 0 Å². The van der Waals surface area contributed by atoms with Gasteiger partial charge in [-0.3, -0.25) is 14.6 Å². The average molecular weight is 615 g/mol. The van der Waals surface area contributed by atoms with Crippen molar-refractivity contribution in [1.29, 1.82) is 5.26 Å². The van der Waals surface area contributed by atoms with Crippen molar-refractivity contribution in [2.75, 3.05) is 20.2 Å². The van der Waals surface area contributed by atoms with Gasteiger partial charge in [-0.1, -0.05) is 36.5 Å². The number of Topliss-reactive ketones (excluding diaryl/α,β-unsaturated/α-hetero) is 1. The van der Waals surface area contributed by atoms with E-state index in [0.717, 1.165) is 11.1 Å². The molecule has 0 atom stereocenters. The molecule has 0 aliphatic carbocycles. The van der Waals surface area contributed by atoms with Gasteiger partial charge in [-0.15, -0.1) is 0 Å². The molecule has 1 N–H and O–H groups in total. The van der Waals surface area contributed by atoms with Crippen LogP contribution in [-0.2, 0) is 37.5 Å². The van der Waals surface area contributed by atoms with E-state index in [1.807, 2.05) is 50.6 Å². The maximum atomic E-state index is 13.3. The number of methoxy groups -OCH3 is 1. The number of pyridine rings is 1. The van der Waals surface area contributed by atoms with Crippen LogP contribution in [0, 0.1) is 23.1 Å². The number of thiazole rings is 1. The molecular formula is C29H27N5O3SY-2. The fourth-order valence-electron chi connectivity index (χ4n) is 4.36. The number of carbonyl (C=O) groups excluding carboxylic acids is 2. The van der Waals surface area contributed by atoms with Crippen LogP contribution in [0.15, 0.2) is 54.5 Å². The van der Waals surface area contributed by atoms with Gasteiger partial charge in [0.05, 0.1) is 41.4 Å². The topological polar surface area (TPSA) is 112 Å². The van der Waals surface area contributed by atoms with Crippen LogP contribution in [-0.4, -0.2) is 51.7 Å². The average Bonchev–Trinajstić information content (AvgIpc) is 3.65. The number of hydrogen-bond donors (Lipinski definition) is 1. The molecule has 3 aromatic heterocycles. The van der Waals surface area contributed by atoms with Gasteiger partial charge in [0.25, 0.3) is 11.7 Å². The summed E-state index contributed by atoms with van der Waals surface area (Å²) in [5.41, 5.74) is 3.89. The molecule has 1 aliphatic rings. The van der Waals surface area contributed by atoms with E-state index >= 15 is 0 Å². The second-order valence-electron chi connectivity index (χ2n) is 8.57. The fourth-order valence-corrected chi connectivity index (χ4v) is 4.93. The summed E-state index contributed by atoms with van der Waals surface area (Å²) in [5, 5.41) is 13.8. The molecule has 1 fully saturated rings. The van der Waals surface area contributed by atoms with Gasteiger partial charge in [0.15, 0.2) is 0 Å². The molecule has 8 nitrogen and oxygen atoms in total. The van der Waals surface area contributed by atoms with Crippen molar-refractivity contribution in [3.8, 4) is 22.5 Å². The molecule has 197 valence electrons. The molecule has 10 heteroatoms. The van der Waals surface area contributed by atoms with E-state index in [-0.39, 0.29) is 38.3 Å². The third-order valence-electron chi connectivity index (χ3n) is 6.11. The number of aromatic amines is 1. The van der Waals surface area contributed by atoms with Crippen molar-refractivity contribution >= 4 is 39.5 Å².